The van der Waals surface area contributed by atoms with Crippen molar-refractivity contribution in [2.24, 2.45) is 5.92 Å². The summed E-state index contributed by atoms with van der Waals surface area (Å²) in [7, 11) is 0. The van der Waals surface area contributed by atoms with Crippen LogP contribution in [0.4, 0.5) is 0 Å². The Morgan fingerprint density at radius 3 is 2.24 bits per heavy atom. The molecule has 2 nitrogen and oxygen atoms in total. The van der Waals surface area contributed by atoms with E-state index in [1.807, 2.05) is 0 Å². The first-order valence-corrected chi connectivity index (χ1v) is 7.72. The molecule has 2 saturated carbocycles. The van der Waals surface area contributed by atoms with E-state index >= 15 is 0 Å². The minimum Gasteiger partial charge on any atom is -0.389 e. The molecule has 2 fully saturated rings. The van der Waals surface area contributed by atoms with Gasteiger partial charge in [0.15, 0.2) is 0 Å². The maximum absolute atomic E-state index is 10.5. The van der Waals surface area contributed by atoms with Crippen molar-refractivity contribution in [2.75, 3.05) is 13.1 Å². The van der Waals surface area contributed by atoms with E-state index in [1.165, 1.54) is 57.8 Å². The lowest BCUT2D eigenvalue weighted by atomic mass is 9.94. The van der Waals surface area contributed by atoms with Crippen LogP contribution in [0.2, 0.25) is 0 Å². The van der Waals surface area contributed by atoms with Crippen molar-refractivity contribution in [3.63, 3.8) is 0 Å². The predicted molar refractivity (Wildman–Crippen MR) is 72.1 cm³/mol. The maximum atomic E-state index is 10.5. The number of hydrogen-bond acceptors (Lipinski definition) is 2. The maximum Gasteiger partial charge on any atom is 0.0771 e. The molecule has 2 N–H and O–H groups in total. The predicted octanol–water partition coefficient (Wildman–Crippen LogP) is 3.24. The molecule has 0 aromatic carbocycles. The lowest BCUT2D eigenvalue weighted by Gasteiger charge is -2.27. The fourth-order valence-electron chi connectivity index (χ4n) is 3.49. The van der Waals surface area contributed by atoms with E-state index in [0.29, 0.717) is 0 Å². The number of rotatable bonds is 5. The van der Waals surface area contributed by atoms with Crippen molar-refractivity contribution < 1.29 is 5.11 Å². The fraction of sp³-hybridized carbons (Fsp3) is 1.00. The first kappa shape index (κ1) is 13.4. The van der Waals surface area contributed by atoms with Crippen LogP contribution in [-0.2, 0) is 0 Å². The number of aliphatic hydroxyl groups is 1. The lowest BCUT2D eigenvalue weighted by Crippen LogP contribution is -2.40. The largest absolute Gasteiger partial charge is 0.389 e. The summed E-state index contributed by atoms with van der Waals surface area (Å²) in [5, 5.41) is 14.0. The Morgan fingerprint density at radius 2 is 1.59 bits per heavy atom. The topological polar surface area (TPSA) is 32.3 Å². The molecule has 2 aliphatic carbocycles. The van der Waals surface area contributed by atoms with Gasteiger partial charge in [0, 0.05) is 6.54 Å². The molecule has 0 aromatic rings. The summed E-state index contributed by atoms with van der Waals surface area (Å²) in [5.74, 6) is 0.964. The first-order chi connectivity index (χ1) is 8.29. The Hall–Kier alpha value is -0.0800. The van der Waals surface area contributed by atoms with Crippen LogP contribution in [0, 0.1) is 5.92 Å². The van der Waals surface area contributed by atoms with Gasteiger partial charge in [-0.25, -0.2) is 0 Å². The van der Waals surface area contributed by atoms with Gasteiger partial charge in [-0.2, -0.15) is 0 Å². The van der Waals surface area contributed by atoms with Gasteiger partial charge in [0.05, 0.1) is 5.60 Å². The molecule has 2 aliphatic rings. The van der Waals surface area contributed by atoms with E-state index in [2.05, 4.69) is 5.32 Å². The normalized spacial score (nSPS) is 25.9. The Bertz CT molecular complexity index is 203. The molecular weight excluding hydrogens is 210 g/mol. The molecule has 2 rings (SSSR count). The molecule has 0 heterocycles. The zero-order valence-corrected chi connectivity index (χ0v) is 11.2. The van der Waals surface area contributed by atoms with Crippen LogP contribution in [0.3, 0.4) is 0 Å². The van der Waals surface area contributed by atoms with Crippen molar-refractivity contribution in [3.05, 3.63) is 0 Å². The van der Waals surface area contributed by atoms with Crippen LogP contribution in [0.15, 0.2) is 0 Å². The fourth-order valence-corrected chi connectivity index (χ4v) is 3.49. The molecule has 0 radical (unpaired) electrons. The molecule has 0 bridgehead atoms. The summed E-state index contributed by atoms with van der Waals surface area (Å²) < 4.78 is 0. The highest BCUT2D eigenvalue weighted by Crippen LogP contribution is 2.28. The number of nitrogens with one attached hydrogen (secondary N) is 1. The van der Waals surface area contributed by atoms with E-state index in [9.17, 15) is 5.11 Å². The van der Waals surface area contributed by atoms with Crippen LogP contribution in [-0.4, -0.2) is 23.8 Å². The average Bonchev–Trinajstić information content (AvgIpc) is 2.74. The van der Waals surface area contributed by atoms with Gasteiger partial charge in [-0.05, 0) is 31.7 Å². The second-order valence-corrected chi connectivity index (χ2v) is 6.25. The van der Waals surface area contributed by atoms with Gasteiger partial charge >= 0.3 is 0 Å². The SMILES string of the molecule is OC1(CNCCC2CCCC2)CCCCCC1. The van der Waals surface area contributed by atoms with Crippen LogP contribution in [0.25, 0.3) is 0 Å². The van der Waals surface area contributed by atoms with E-state index in [1.54, 1.807) is 0 Å². The summed E-state index contributed by atoms with van der Waals surface area (Å²) in [5.41, 5.74) is -0.397. The summed E-state index contributed by atoms with van der Waals surface area (Å²) in [6.07, 6.45) is 14.1. The van der Waals surface area contributed by atoms with Gasteiger partial charge in [0.2, 0.25) is 0 Å². The van der Waals surface area contributed by atoms with Crippen LogP contribution < -0.4 is 5.32 Å². The second kappa shape index (κ2) is 6.75. The third kappa shape index (κ3) is 4.59. The summed E-state index contributed by atoms with van der Waals surface area (Å²) >= 11 is 0. The van der Waals surface area contributed by atoms with Crippen LogP contribution in [0.1, 0.15) is 70.6 Å². The van der Waals surface area contributed by atoms with E-state index in [0.717, 1.165) is 31.8 Å². The molecule has 2 heteroatoms. The van der Waals surface area contributed by atoms with E-state index < -0.39 is 5.60 Å². The quantitative estimate of drug-likeness (QED) is 0.570. The van der Waals surface area contributed by atoms with Crippen molar-refractivity contribution in [3.8, 4) is 0 Å². The van der Waals surface area contributed by atoms with Gasteiger partial charge in [-0.1, -0.05) is 51.4 Å². The zero-order valence-electron chi connectivity index (χ0n) is 11.2. The minimum absolute atomic E-state index is 0.397. The summed E-state index contributed by atoms with van der Waals surface area (Å²) in [6, 6.07) is 0. The van der Waals surface area contributed by atoms with Gasteiger partial charge in [0.25, 0.3) is 0 Å². The Kier molecular flexibility index (Phi) is 5.30. The molecule has 0 aromatic heterocycles. The minimum atomic E-state index is -0.397. The van der Waals surface area contributed by atoms with Crippen molar-refractivity contribution in [1.82, 2.24) is 5.32 Å². The molecule has 17 heavy (non-hydrogen) atoms. The van der Waals surface area contributed by atoms with Gasteiger partial charge in [-0.3, -0.25) is 0 Å². The lowest BCUT2D eigenvalue weighted by molar-refractivity contribution is 0.0252. The zero-order chi connectivity index (χ0) is 12.0. The summed E-state index contributed by atoms with van der Waals surface area (Å²) in [6.45, 7) is 1.92. The third-order valence-electron chi connectivity index (χ3n) is 4.69. The molecular formula is C15H29NO. The monoisotopic (exact) mass is 239 g/mol. The standard InChI is InChI=1S/C15H29NO/c17-15(10-5-1-2-6-11-15)13-16-12-9-14-7-3-4-8-14/h14,16-17H,1-13H2. The smallest absolute Gasteiger partial charge is 0.0771 e. The number of hydrogen-bond donors (Lipinski definition) is 2. The Morgan fingerprint density at radius 1 is 0.941 bits per heavy atom. The highest BCUT2D eigenvalue weighted by molar-refractivity contribution is 4.83. The Balaban J connectivity index is 1.59. The van der Waals surface area contributed by atoms with Gasteiger partial charge < -0.3 is 10.4 Å². The molecule has 0 unspecified atom stereocenters. The van der Waals surface area contributed by atoms with Gasteiger partial charge in [-0.15, -0.1) is 0 Å². The molecule has 0 atom stereocenters. The van der Waals surface area contributed by atoms with Crippen molar-refractivity contribution in [2.45, 2.75) is 76.2 Å². The molecule has 0 spiro atoms. The highest BCUT2D eigenvalue weighted by atomic mass is 16.3. The molecule has 100 valence electrons. The first-order valence-electron chi connectivity index (χ1n) is 7.72. The second-order valence-electron chi connectivity index (χ2n) is 6.25. The molecule has 0 saturated heterocycles. The molecule has 0 aliphatic heterocycles. The molecule has 0 amide bonds. The van der Waals surface area contributed by atoms with E-state index in [4.69, 9.17) is 0 Å². The van der Waals surface area contributed by atoms with Crippen LogP contribution in [0.5, 0.6) is 0 Å². The average molecular weight is 239 g/mol. The van der Waals surface area contributed by atoms with Crippen LogP contribution >= 0.6 is 0 Å². The van der Waals surface area contributed by atoms with E-state index in [-0.39, 0.29) is 0 Å². The summed E-state index contributed by atoms with van der Waals surface area (Å²) in [4.78, 5) is 0. The van der Waals surface area contributed by atoms with Crippen molar-refractivity contribution >= 4 is 0 Å². The highest BCUT2D eigenvalue weighted by Gasteiger charge is 2.27. The van der Waals surface area contributed by atoms with Crippen molar-refractivity contribution in [1.29, 1.82) is 0 Å². The van der Waals surface area contributed by atoms with Gasteiger partial charge in [0.1, 0.15) is 0 Å². The third-order valence-corrected chi connectivity index (χ3v) is 4.69. The Labute approximate surface area is 106 Å².